The number of imidazole rings is 1. The molecule has 7 nitrogen and oxygen atoms in total. The SMILES string of the molecule is Nc1ncnc2c1ncn2[C@H]1C=C[C@@H](CCO)O1. The van der Waals surface area contributed by atoms with Crippen molar-refractivity contribution < 1.29 is 9.84 Å². The fourth-order valence-electron chi connectivity index (χ4n) is 1.99. The van der Waals surface area contributed by atoms with Gasteiger partial charge in [0.05, 0.1) is 12.4 Å². The number of aliphatic hydroxyl groups excluding tert-OH is 1. The van der Waals surface area contributed by atoms with Crippen LogP contribution in [-0.2, 0) is 4.74 Å². The molecule has 2 atom stereocenters. The summed E-state index contributed by atoms with van der Waals surface area (Å²) in [5.41, 5.74) is 6.93. The molecule has 0 saturated heterocycles. The van der Waals surface area contributed by atoms with E-state index in [-0.39, 0.29) is 18.9 Å². The Morgan fingerprint density at radius 2 is 2.22 bits per heavy atom. The number of nitrogen functional groups attached to an aromatic ring is 1. The number of aliphatic hydroxyl groups is 1. The number of hydrogen-bond acceptors (Lipinski definition) is 6. The van der Waals surface area contributed by atoms with Crippen molar-refractivity contribution in [1.82, 2.24) is 19.5 Å². The number of nitrogens with two attached hydrogens (primary N) is 1. The second-order valence-electron chi connectivity index (χ2n) is 4.05. The van der Waals surface area contributed by atoms with Gasteiger partial charge in [0, 0.05) is 13.0 Å². The van der Waals surface area contributed by atoms with Crippen LogP contribution in [0.1, 0.15) is 12.6 Å². The summed E-state index contributed by atoms with van der Waals surface area (Å²) >= 11 is 0. The minimum Gasteiger partial charge on any atom is -0.396 e. The lowest BCUT2D eigenvalue weighted by Crippen LogP contribution is -2.13. The van der Waals surface area contributed by atoms with Gasteiger partial charge in [0.15, 0.2) is 17.7 Å². The lowest BCUT2D eigenvalue weighted by Gasteiger charge is -2.14. The molecule has 3 N–H and O–H groups in total. The van der Waals surface area contributed by atoms with Crippen molar-refractivity contribution in [1.29, 1.82) is 0 Å². The van der Waals surface area contributed by atoms with Crippen LogP contribution < -0.4 is 5.73 Å². The van der Waals surface area contributed by atoms with Crippen molar-refractivity contribution in [3.8, 4) is 0 Å². The maximum absolute atomic E-state index is 8.88. The van der Waals surface area contributed by atoms with Gasteiger partial charge in [-0.05, 0) is 6.08 Å². The zero-order valence-corrected chi connectivity index (χ0v) is 9.60. The Morgan fingerprint density at radius 1 is 1.33 bits per heavy atom. The van der Waals surface area contributed by atoms with Crippen molar-refractivity contribution >= 4 is 17.0 Å². The van der Waals surface area contributed by atoms with Crippen molar-refractivity contribution in [3.05, 3.63) is 24.8 Å². The minimum absolute atomic E-state index is 0.0726. The summed E-state index contributed by atoms with van der Waals surface area (Å²) in [6, 6.07) is 0. The van der Waals surface area contributed by atoms with Gasteiger partial charge in [0.1, 0.15) is 11.8 Å². The van der Waals surface area contributed by atoms with E-state index in [0.717, 1.165) is 0 Å². The third-order valence-electron chi connectivity index (χ3n) is 2.88. The summed E-state index contributed by atoms with van der Waals surface area (Å²) in [6.45, 7) is 0.0987. The standard InChI is InChI=1S/C11H13N5O2/c12-10-9-11(14-5-13-10)16(6-15-9)8-2-1-7(18-8)3-4-17/h1-2,5-8,17H,3-4H2,(H2,12,13,14)/t7-,8+/m0/s1. The monoisotopic (exact) mass is 247 g/mol. The number of nitrogens with zero attached hydrogens (tertiary/aromatic N) is 4. The molecule has 0 fully saturated rings. The molecule has 0 spiro atoms. The van der Waals surface area contributed by atoms with E-state index in [2.05, 4.69) is 15.0 Å². The van der Waals surface area contributed by atoms with Crippen molar-refractivity contribution in [3.63, 3.8) is 0 Å². The molecule has 0 bridgehead atoms. The molecule has 18 heavy (non-hydrogen) atoms. The molecule has 1 aliphatic rings. The molecule has 0 saturated carbocycles. The largest absolute Gasteiger partial charge is 0.396 e. The Labute approximate surface area is 103 Å². The van der Waals surface area contributed by atoms with Gasteiger partial charge in [0.25, 0.3) is 0 Å². The molecule has 7 heteroatoms. The van der Waals surface area contributed by atoms with Gasteiger partial charge in [-0.3, -0.25) is 4.57 Å². The van der Waals surface area contributed by atoms with Crippen LogP contribution in [0.4, 0.5) is 5.82 Å². The maximum atomic E-state index is 8.88. The average Bonchev–Trinajstić information content (AvgIpc) is 2.96. The van der Waals surface area contributed by atoms with Crippen LogP contribution in [-0.4, -0.2) is 37.3 Å². The minimum atomic E-state index is -0.263. The first-order valence-corrected chi connectivity index (χ1v) is 5.67. The smallest absolute Gasteiger partial charge is 0.167 e. The van der Waals surface area contributed by atoms with Crippen molar-refractivity contribution in [2.45, 2.75) is 18.8 Å². The fourth-order valence-corrected chi connectivity index (χ4v) is 1.99. The molecule has 2 aromatic rings. The summed E-state index contributed by atoms with van der Waals surface area (Å²) in [6.07, 6.45) is 7.12. The maximum Gasteiger partial charge on any atom is 0.167 e. The third-order valence-corrected chi connectivity index (χ3v) is 2.88. The first-order chi connectivity index (χ1) is 8.79. The normalized spacial score (nSPS) is 22.9. The van der Waals surface area contributed by atoms with Crippen LogP contribution >= 0.6 is 0 Å². The molecule has 0 aliphatic carbocycles. The number of hydrogen-bond donors (Lipinski definition) is 2. The van der Waals surface area contributed by atoms with Gasteiger partial charge in [-0.25, -0.2) is 15.0 Å². The zero-order chi connectivity index (χ0) is 12.5. The van der Waals surface area contributed by atoms with E-state index in [1.807, 2.05) is 12.2 Å². The molecule has 0 radical (unpaired) electrons. The second-order valence-corrected chi connectivity index (χ2v) is 4.05. The molecular weight excluding hydrogens is 234 g/mol. The Kier molecular flexibility index (Phi) is 2.69. The van der Waals surface area contributed by atoms with Gasteiger partial charge < -0.3 is 15.6 Å². The van der Waals surface area contributed by atoms with E-state index in [1.54, 1.807) is 10.9 Å². The molecule has 0 aromatic carbocycles. The molecule has 1 aliphatic heterocycles. The molecule has 2 aromatic heterocycles. The lowest BCUT2D eigenvalue weighted by atomic mass is 10.3. The van der Waals surface area contributed by atoms with E-state index in [9.17, 15) is 0 Å². The molecule has 0 amide bonds. The molecular formula is C11H13N5O2. The highest BCUT2D eigenvalue weighted by Gasteiger charge is 2.22. The third kappa shape index (κ3) is 1.73. The highest BCUT2D eigenvalue weighted by atomic mass is 16.5. The number of anilines is 1. The van der Waals surface area contributed by atoms with Crippen molar-refractivity contribution in [2.75, 3.05) is 12.3 Å². The summed E-state index contributed by atoms with van der Waals surface area (Å²) in [5, 5.41) is 8.88. The summed E-state index contributed by atoms with van der Waals surface area (Å²) in [5.74, 6) is 0.354. The van der Waals surface area contributed by atoms with Gasteiger partial charge in [0.2, 0.25) is 0 Å². The van der Waals surface area contributed by atoms with E-state index in [0.29, 0.717) is 23.4 Å². The van der Waals surface area contributed by atoms with Crippen LogP contribution in [0, 0.1) is 0 Å². The van der Waals surface area contributed by atoms with Gasteiger partial charge in [-0.1, -0.05) is 6.08 Å². The average molecular weight is 247 g/mol. The van der Waals surface area contributed by atoms with Crippen LogP contribution in [0.5, 0.6) is 0 Å². The van der Waals surface area contributed by atoms with Crippen LogP contribution in [0.2, 0.25) is 0 Å². The number of fused-ring (bicyclic) bond motifs is 1. The highest BCUT2D eigenvalue weighted by molar-refractivity contribution is 5.81. The first-order valence-electron chi connectivity index (χ1n) is 5.67. The Bertz CT molecular complexity index is 594. The van der Waals surface area contributed by atoms with Gasteiger partial charge in [-0.2, -0.15) is 0 Å². The molecule has 94 valence electrons. The van der Waals surface area contributed by atoms with Crippen LogP contribution in [0.3, 0.4) is 0 Å². The second kappa shape index (κ2) is 4.35. The van der Waals surface area contributed by atoms with Crippen LogP contribution in [0.25, 0.3) is 11.2 Å². The zero-order valence-electron chi connectivity index (χ0n) is 9.60. The summed E-state index contributed by atoms with van der Waals surface area (Å²) in [4.78, 5) is 12.2. The predicted octanol–water partition coefficient (Wildman–Crippen LogP) is 0.244. The Balaban J connectivity index is 1.92. The first kappa shape index (κ1) is 11.1. The van der Waals surface area contributed by atoms with E-state index in [4.69, 9.17) is 15.6 Å². The topological polar surface area (TPSA) is 99.1 Å². The fraction of sp³-hybridized carbons (Fsp3) is 0.364. The number of aromatic nitrogens is 4. The van der Waals surface area contributed by atoms with Gasteiger partial charge >= 0.3 is 0 Å². The predicted molar refractivity (Wildman–Crippen MR) is 64.5 cm³/mol. The van der Waals surface area contributed by atoms with Crippen molar-refractivity contribution in [2.24, 2.45) is 0 Å². The van der Waals surface area contributed by atoms with Gasteiger partial charge in [-0.15, -0.1) is 0 Å². The van der Waals surface area contributed by atoms with E-state index in [1.165, 1.54) is 6.33 Å². The number of ether oxygens (including phenoxy) is 1. The molecule has 3 heterocycles. The molecule has 0 unspecified atom stereocenters. The summed E-state index contributed by atoms with van der Waals surface area (Å²) in [7, 11) is 0. The van der Waals surface area contributed by atoms with E-state index >= 15 is 0 Å². The van der Waals surface area contributed by atoms with E-state index < -0.39 is 0 Å². The summed E-state index contributed by atoms with van der Waals surface area (Å²) < 4.78 is 7.54. The highest BCUT2D eigenvalue weighted by Crippen LogP contribution is 2.26. The number of rotatable bonds is 3. The Hall–Kier alpha value is -1.99. The van der Waals surface area contributed by atoms with Crippen LogP contribution in [0.15, 0.2) is 24.8 Å². The molecule has 3 rings (SSSR count). The lowest BCUT2D eigenvalue weighted by molar-refractivity contribution is 0.00946. The Morgan fingerprint density at radius 3 is 3.06 bits per heavy atom. The quantitative estimate of drug-likeness (QED) is 0.754.